The molecule has 0 aromatic heterocycles. The summed E-state index contributed by atoms with van der Waals surface area (Å²) < 4.78 is 18.7. The minimum absolute atomic E-state index is 0.147. The van der Waals surface area contributed by atoms with E-state index in [9.17, 15) is 9.50 Å². The second kappa shape index (κ2) is 8.12. The fourth-order valence-corrected chi connectivity index (χ4v) is 2.33. The van der Waals surface area contributed by atoms with Gasteiger partial charge in [-0.15, -0.1) is 0 Å². The molecular weight excluding hydrogens is 245 g/mol. The van der Waals surface area contributed by atoms with Gasteiger partial charge in [-0.1, -0.05) is 13.8 Å². The quantitative estimate of drug-likeness (QED) is 0.787. The summed E-state index contributed by atoms with van der Waals surface area (Å²) in [5, 5.41) is 9.19. The number of methoxy groups -OCH3 is 1. The van der Waals surface area contributed by atoms with Gasteiger partial charge in [0.15, 0.2) is 0 Å². The molecule has 0 aliphatic rings. The van der Waals surface area contributed by atoms with Crippen LogP contribution in [0.15, 0.2) is 18.2 Å². The Bertz CT molecular complexity index is 380. The van der Waals surface area contributed by atoms with Gasteiger partial charge in [0, 0.05) is 25.4 Å². The summed E-state index contributed by atoms with van der Waals surface area (Å²) in [6, 6.07) is 5.08. The fraction of sp³-hybridized carbons (Fsp3) is 0.600. The van der Waals surface area contributed by atoms with Crippen LogP contribution in [0.3, 0.4) is 0 Å². The molecule has 0 saturated carbocycles. The average molecular weight is 269 g/mol. The lowest BCUT2D eigenvalue weighted by Crippen LogP contribution is -2.37. The van der Waals surface area contributed by atoms with Crippen molar-refractivity contribution in [2.75, 3.05) is 25.2 Å². The normalized spacial score (nSPS) is 11.1. The highest BCUT2D eigenvalue weighted by atomic mass is 19.1. The van der Waals surface area contributed by atoms with Crippen molar-refractivity contribution in [2.45, 2.75) is 39.3 Å². The molecule has 4 heteroatoms. The number of hydrogen-bond acceptors (Lipinski definition) is 3. The van der Waals surface area contributed by atoms with Gasteiger partial charge in [-0.05, 0) is 36.6 Å². The molecule has 1 rings (SSSR count). The smallest absolute Gasteiger partial charge is 0.125 e. The third-order valence-corrected chi connectivity index (χ3v) is 3.38. The van der Waals surface area contributed by atoms with Crippen LogP contribution in [0, 0.1) is 5.82 Å². The van der Waals surface area contributed by atoms with Crippen LogP contribution < -0.4 is 4.90 Å². The predicted molar refractivity (Wildman–Crippen MR) is 75.9 cm³/mol. The number of nitrogens with zero attached hydrogens (tertiary/aromatic N) is 1. The predicted octanol–water partition coefficient (Wildman–Crippen LogP) is 2.96. The Balaban J connectivity index is 3.04. The molecule has 0 aliphatic carbocycles. The second-order valence-electron chi connectivity index (χ2n) is 4.63. The summed E-state index contributed by atoms with van der Waals surface area (Å²) in [5.74, 6) is -0.310. The molecule has 1 aromatic carbocycles. The largest absolute Gasteiger partial charge is 0.392 e. The zero-order valence-corrected chi connectivity index (χ0v) is 12.0. The number of benzene rings is 1. The Labute approximate surface area is 115 Å². The molecule has 0 spiro atoms. The van der Waals surface area contributed by atoms with E-state index in [-0.39, 0.29) is 12.4 Å². The summed E-state index contributed by atoms with van der Waals surface area (Å²) in [6.45, 7) is 5.42. The van der Waals surface area contributed by atoms with E-state index >= 15 is 0 Å². The molecule has 1 N–H and O–H groups in total. The number of halogens is 1. The molecule has 0 aliphatic heterocycles. The van der Waals surface area contributed by atoms with Gasteiger partial charge in [0.2, 0.25) is 0 Å². The van der Waals surface area contributed by atoms with E-state index in [1.54, 1.807) is 7.11 Å². The molecule has 1 aromatic rings. The Hall–Kier alpha value is -1.13. The zero-order chi connectivity index (χ0) is 14.3. The number of ether oxygens (including phenoxy) is 1. The standard InChI is InChI=1S/C15H24FNO2/c1-4-14(5-2)17(6-7-19-3)15-9-12(11-18)8-13(16)10-15/h8-10,14,18H,4-7,11H2,1-3H3. The summed E-state index contributed by atoms with van der Waals surface area (Å²) in [6.07, 6.45) is 1.98. The Morgan fingerprint density at radius 3 is 2.47 bits per heavy atom. The van der Waals surface area contributed by atoms with E-state index < -0.39 is 0 Å². The summed E-state index contributed by atoms with van der Waals surface area (Å²) >= 11 is 0. The van der Waals surface area contributed by atoms with Crippen LogP contribution in [0.4, 0.5) is 10.1 Å². The molecule has 0 bridgehead atoms. The first-order chi connectivity index (χ1) is 9.15. The Morgan fingerprint density at radius 1 is 1.26 bits per heavy atom. The third-order valence-electron chi connectivity index (χ3n) is 3.38. The van der Waals surface area contributed by atoms with Gasteiger partial charge in [-0.2, -0.15) is 0 Å². The average Bonchev–Trinajstić information content (AvgIpc) is 2.42. The highest BCUT2D eigenvalue weighted by Gasteiger charge is 2.16. The number of aliphatic hydroxyl groups excluding tert-OH is 1. The monoisotopic (exact) mass is 269 g/mol. The van der Waals surface area contributed by atoms with Gasteiger partial charge in [0.1, 0.15) is 5.82 Å². The van der Waals surface area contributed by atoms with Crippen LogP contribution in [0.2, 0.25) is 0 Å². The SMILES string of the molecule is CCC(CC)N(CCOC)c1cc(F)cc(CO)c1. The van der Waals surface area contributed by atoms with E-state index in [0.717, 1.165) is 25.1 Å². The molecule has 0 saturated heterocycles. The first-order valence-electron chi connectivity index (χ1n) is 6.82. The van der Waals surface area contributed by atoms with Crippen molar-refractivity contribution in [2.24, 2.45) is 0 Å². The number of aliphatic hydroxyl groups is 1. The third kappa shape index (κ3) is 4.48. The zero-order valence-electron chi connectivity index (χ0n) is 12.0. The highest BCUT2D eigenvalue weighted by molar-refractivity contribution is 5.50. The first-order valence-corrected chi connectivity index (χ1v) is 6.82. The summed E-state index contributed by atoms with van der Waals surface area (Å²) in [7, 11) is 1.66. The molecule has 0 atom stereocenters. The van der Waals surface area contributed by atoms with Crippen molar-refractivity contribution in [3.8, 4) is 0 Å². The van der Waals surface area contributed by atoms with Crippen molar-refractivity contribution in [3.05, 3.63) is 29.6 Å². The number of hydrogen-bond donors (Lipinski definition) is 1. The van der Waals surface area contributed by atoms with Crippen LogP contribution in [0.25, 0.3) is 0 Å². The van der Waals surface area contributed by atoms with Crippen molar-refractivity contribution in [3.63, 3.8) is 0 Å². The van der Waals surface area contributed by atoms with Gasteiger partial charge >= 0.3 is 0 Å². The maximum Gasteiger partial charge on any atom is 0.125 e. The van der Waals surface area contributed by atoms with Crippen molar-refractivity contribution >= 4 is 5.69 Å². The fourth-order valence-electron chi connectivity index (χ4n) is 2.33. The van der Waals surface area contributed by atoms with Gasteiger partial charge in [0.25, 0.3) is 0 Å². The minimum atomic E-state index is -0.310. The molecule has 0 fully saturated rings. The Morgan fingerprint density at radius 2 is 1.95 bits per heavy atom. The van der Waals surface area contributed by atoms with Crippen LogP contribution in [0.5, 0.6) is 0 Å². The topological polar surface area (TPSA) is 32.7 Å². The van der Waals surface area contributed by atoms with E-state index in [4.69, 9.17) is 4.74 Å². The van der Waals surface area contributed by atoms with Gasteiger partial charge in [0.05, 0.1) is 13.2 Å². The molecule has 0 unspecified atom stereocenters. The molecule has 0 radical (unpaired) electrons. The minimum Gasteiger partial charge on any atom is -0.392 e. The van der Waals surface area contributed by atoms with Gasteiger partial charge in [-0.3, -0.25) is 0 Å². The lowest BCUT2D eigenvalue weighted by molar-refractivity contribution is 0.202. The van der Waals surface area contributed by atoms with E-state index in [0.29, 0.717) is 18.2 Å². The summed E-state index contributed by atoms with van der Waals surface area (Å²) in [5.41, 5.74) is 1.41. The molecular formula is C15H24FNO2. The van der Waals surface area contributed by atoms with Crippen LogP contribution in [0.1, 0.15) is 32.3 Å². The Kier molecular flexibility index (Phi) is 6.81. The van der Waals surface area contributed by atoms with Crippen molar-refractivity contribution in [1.29, 1.82) is 0 Å². The maximum atomic E-state index is 13.6. The van der Waals surface area contributed by atoms with Gasteiger partial charge < -0.3 is 14.7 Å². The van der Waals surface area contributed by atoms with Crippen LogP contribution >= 0.6 is 0 Å². The lowest BCUT2D eigenvalue weighted by atomic mass is 10.1. The van der Waals surface area contributed by atoms with E-state index in [2.05, 4.69) is 18.7 Å². The van der Waals surface area contributed by atoms with Crippen molar-refractivity contribution < 1.29 is 14.2 Å². The van der Waals surface area contributed by atoms with Crippen molar-refractivity contribution in [1.82, 2.24) is 0 Å². The van der Waals surface area contributed by atoms with Gasteiger partial charge in [-0.25, -0.2) is 4.39 Å². The maximum absolute atomic E-state index is 13.6. The summed E-state index contributed by atoms with van der Waals surface area (Å²) in [4.78, 5) is 2.16. The van der Waals surface area contributed by atoms with Crippen LogP contribution in [-0.4, -0.2) is 31.4 Å². The number of anilines is 1. The first kappa shape index (κ1) is 15.9. The van der Waals surface area contributed by atoms with E-state index in [1.807, 2.05) is 6.07 Å². The molecule has 19 heavy (non-hydrogen) atoms. The molecule has 0 amide bonds. The highest BCUT2D eigenvalue weighted by Crippen LogP contribution is 2.23. The van der Waals surface area contributed by atoms with Crippen LogP contribution in [-0.2, 0) is 11.3 Å². The lowest BCUT2D eigenvalue weighted by Gasteiger charge is -2.33. The molecule has 0 heterocycles. The molecule has 108 valence electrons. The number of rotatable bonds is 8. The van der Waals surface area contributed by atoms with E-state index in [1.165, 1.54) is 12.1 Å². The second-order valence-corrected chi connectivity index (χ2v) is 4.63. The molecule has 3 nitrogen and oxygen atoms in total.